The third-order valence-corrected chi connectivity index (χ3v) is 3.35. The van der Waals surface area contributed by atoms with Crippen LogP contribution in [0.5, 0.6) is 0 Å². The first kappa shape index (κ1) is 11.3. The highest BCUT2D eigenvalue weighted by molar-refractivity contribution is 6.17. The molecule has 0 bridgehead atoms. The minimum absolute atomic E-state index is 0.00920. The molecule has 0 amide bonds. The van der Waals surface area contributed by atoms with Gasteiger partial charge in [0, 0.05) is 11.3 Å². The van der Waals surface area contributed by atoms with Crippen molar-refractivity contribution in [1.29, 1.82) is 0 Å². The van der Waals surface area contributed by atoms with Crippen LogP contribution in [-0.2, 0) is 6.54 Å². The Balaban J connectivity index is 2.26. The van der Waals surface area contributed by atoms with Crippen LogP contribution in [0, 0.1) is 0 Å². The molecule has 0 unspecified atom stereocenters. The molecule has 0 saturated heterocycles. The molecule has 0 aliphatic heterocycles. The molecule has 0 aliphatic rings. The molecule has 4 nitrogen and oxygen atoms in total. The molecule has 0 atom stereocenters. The quantitative estimate of drug-likeness (QED) is 0.721. The third-order valence-electron chi connectivity index (χ3n) is 3.08. The van der Waals surface area contributed by atoms with Gasteiger partial charge in [-0.3, -0.25) is 0 Å². The van der Waals surface area contributed by atoms with E-state index in [1.54, 1.807) is 10.9 Å². The van der Waals surface area contributed by atoms with E-state index >= 15 is 0 Å². The van der Waals surface area contributed by atoms with E-state index in [9.17, 15) is 4.79 Å². The second-order valence-corrected chi connectivity index (χ2v) is 4.61. The summed E-state index contributed by atoms with van der Waals surface area (Å²) in [6.07, 6.45) is 2.50. The third kappa shape index (κ3) is 1.69. The number of nitrogens with one attached hydrogen (secondary N) is 2. The van der Waals surface area contributed by atoms with Gasteiger partial charge in [0.1, 0.15) is 0 Å². The Morgan fingerprint density at radius 3 is 3.00 bits per heavy atom. The molecule has 1 aromatic carbocycles. The molecule has 0 aliphatic carbocycles. The molecular formula is C13H13ClN3O+. The Bertz CT molecular complexity index is 760. The topological polar surface area (TPSA) is 51.9 Å². The summed E-state index contributed by atoms with van der Waals surface area (Å²) in [4.78, 5) is 18.6. The number of nitrogens with zero attached hydrogens (tertiary/aromatic N) is 1. The van der Waals surface area contributed by atoms with Crippen LogP contribution in [0.2, 0.25) is 0 Å². The molecule has 0 spiro atoms. The van der Waals surface area contributed by atoms with Gasteiger partial charge in [0.25, 0.3) is 0 Å². The van der Waals surface area contributed by atoms with Crippen molar-refractivity contribution in [2.24, 2.45) is 0 Å². The van der Waals surface area contributed by atoms with Crippen molar-refractivity contribution >= 4 is 33.5 Å². The molecule has 0 radical (unpaired) electrons. The maximum atomic E-state index is 12.3. The number of para-hydroxylation sites is 1. The van der Waals surface area contributed by atoms with Crippen molar-refractivity contribution in [3.63, 3.8) is 0 Å². The molecule has 5 heteroatoms. The lowest BCUT2D eigenvalue weighted by Gasteiger charge is -1.95. The Labute approximate surface area is 108 Å². The maximum Gasteiger partial charge on any atom is 0.361 e. The zero-order valence-corrected chi connectivity index (χ0v) is 10.5. The average molecular weight is 263 g/mol. The fourth-order valence-corrected chi connectivity index (χ4v) is 2.31. The molecular weight excluding hydrogens is 250 g/mol. The second kappa shape index (κ2) is 4.46. The van der Waals surface area contributed by atoms with Crippen LogP contribution in [0.15, 0.2) is 35.4 Å². The first-order valence-corrected chi connectivity index (χ1v) is 6.42. The van der Waals surface area contributed by atoms with Gasteiger partial charge in [-0.15, -0.1) is 11.6 Å². The number of aromatic amines is 2. The zero-order chi connectivity index (χ0) is 12.5. The van der Waals surface area contributed by atoms with Gasteiger partial charge in [0.2, 0.25) is 6.33 Å². The van der Waals surface area contributed by atoms with E-state index in [1.807, 2.05) is 24.3 Å². The fourth-order valence-electron chi connectivity index (χ4n) is 2.19. The van der Waals surface area contributed by atoms with Gasteiger partial charge in [0.05, 0.1) is 12.1 Å². The molecule has 0 fully saturated rings. The smallest absolute Gasteiger partial charge is 0.345 e. The highest BCUT2D eigenvalue weighted by Gasteiger charge is 2.14. The normalized spacial score (nSPS) is 11.4. The summed E-state index contributed by atoms with van der Waals surface area (Å²) in [5, 5.41) is 1.04. The maximum absolute atomic E-state index is 12.3. The van der Waals surface area contributed by atoms with Crippen LogP contribution >= 0.6 is 11.6 Å². The number of rotatable bonds is 3. The van der Waals surface area contributed by atoms with Crippen molar-refractivity contribution < 1.29 is 4.98 Å². The van der Waals surface area contributed by atoms with Gasteiger partial charge < -0.3 is 4.98 Å². The van der Waals surface area contributed by atoms with Crippen LogP contribution in [0.25, 0.3) is 21.9 Å². The van der Waals surface area contributed by atoms with Crippen LogP contribution < -0.4 is 10.5 Å². The van der Waals surface area contributed by atoms with E-state index in [2.05, 4.69) is 9.97 Å². The number of hydrogen-bond acceptors (Lipinski definition) is 1. The molecule has 2 heterocycles. The highest BCUT2D eigenvalue weighted by Crippen LogP contribution is 2.18. The van der Waals surface area contributed by atoms with Crippen LogP contribution in [-0.4, -0.2) is 15.4 Å². The van der Waals surface area contributed by atoms with E-state index < -0.39 is 0 Å². The fraction of sp³-hybridized carbons (Fsp3) is 0.231. The van der Waals surface area contributed by atoms with Crippen LogP contribution in [0.1, 0.15) is 6.42 Å². The lowest BCUT2D eigenvalue weighted by molar-refractivity contribution is -0.352. The number of H-pyrrole nitrogens is 2. The summed E-state index contributed by atoms with van der Waals surface area (Å²) in [5.41, 5.74) is 2.44. The standard InChI is InChI=1S/C13H12ClN3O/c14-6-3-7-17-8-15-11-9-4-1-2-5-10(9)16-12(11)13(17)18/h1-2,4-5,8,16H,3,6-7H2/p+1. The number of aryl methyl sites for hydroxylation is 1. The summed E-state index contributed by atoms with van der Waals surface area (Å²) in [5.74, 6) is 0.553. The number of benzene rings is 1. The molecule has 92 valence electrons. The van der Waals surface area contributed by atoms with E-state index in [0.29, 0.717) is 17.9 Å². The predicted molar refractivity (Wildman–Crippen MR) is 72.0 cm³/mol. The van der Waals surface area contributed by atoms with Crippen molar-refractivity contribution in [2.75, 3.05) is 5.88 Å². The second-order valence-electron chi connectivity index (χ2n) is 4.24. The summed E-state index contributed by atoms with van der Waals surface area (Å²) in [6, 6.07) is 7.87. The van der Waals surface area contributed by atoms with Crippen molar-refractivity contribution in [3.05, 3.63) is 40.9 Å². The van der Waals surface area contributed by atoms with E-state index in [0.717, 1.165) is 22.8 Å². The number of fused-ring (bicyclic) bond motifs is 3. The number of aromatic nitrogens is 3. The van der Waals surface area contributed by atoms with Crippen LogP contribution in [0.4, 0.5) is 0 Å². The summed E-state index contributed by atoms with van der Waals surface area (Å²) < 4.78 is 1.65. The molecule has 18 heavy (non-hydrogen) atoms. The van der Waals surface area contributed by atoms with Crippen molar-refractivity contribution in [2.45, 2.75) is 13.0 Å². The van der Waals surface area contributed by atoms with E-state index in [-0.39, 0.29) is 5.56 Å². The number of halogens is 1. The average Bonchev–Trinajstić information content (AvgIpc) is 2.78. The summed E-state index contributed by atoms with van der Waals surface area (Å²) in [6.45, 7) is 0.629. The molecule has 3 aromatic rings. The van der Waals surface area contributed by atoms with Gasteiger partial charge >= 0.3 is 5.56 Å². The van der Waals surface area contributed by atoms with Crippen LogP contribution in [0.3, 0.4) is 0 Å². The Morgan fingerprint density at radius 1 is 1.33 bits per heavy atom. The molecule has 0 saturated carbocycles. The first-order chi connectivity index (χ1) is 8.81. The Hall–Kier alpha value is -1.81. The Morgan fingerprint density at radius 2 is 2.17 bits per heavy atom. The largest absolute Gasteiger partial charge is 0.361 e. The first-order valence-electron chi connectivity index (χ1n) is 5.89. The lowest BCUT2D eigenvalue weighted by Crippen LogP contribution is -2.26. The summed E-state index contributed by atoms with van der Waals surface area (Å²) in [7, 11) is 0. The Kier molecular flexibility index (Phi) is 2.80. The minimum Gasteiger partial charge on any atom is -0.345 e. The van der Waals surface area contributed by atoms with Gasteiger partial charge in [-0.25, -0.2) is 9.78 Å². The van der Waals surface area contributed by atoms with Gasteiger partial charge in [-0.2, -0.15) is 4.57 Å². The highest BCUT2D eigenvalue weighted by atomic mass is 35.5. The summed E-state index contributed by atoms with van der Waals surface area (Å²) >= 11 is 5.65. The van der Waals surface area contributed by atoms with E-state index in [4.69, 9.17) is 11.6 Å². The predicted octanol–water partition coefficient (Wildman–Crippen LogP) is 1.93. The lowest BCUT2D eigenvalue weighted by atomic mass is 10.2. The molecule has 2 N–H and O–H groups in total. The minimum atomic E-state index is -0.00920. The van der Waals surface area contributed by atoms with Gasteiger partial charge in [-0.05, 0) is 18.6 Å². The molecule has 2 aromatic heterocycles. The van der Waals surface area contributed by atoms with Gasteiger partial charge in [-0.1, -0.05) is 12.1 Å². The SMILES string of the molecule is O=c1c2[nH]c3ccccc3c2[nH+]cn1CCCCl. The van der Waals surface area contributed by atoms with Crippen molar-refractivity contribution in [1.82, 2.24) is 9.55 Å². The molecule has 3 rings (SSSR count). The monoisotopic (exact) mass is 262 g/mol. The van der Waals surface area contributed by atoms with Crippen molar-refractivity contribution in [3.8, 4) is 0 Å². The van der Waals surface area contributed by atoms with Gasteiger partial charge in [0.15, 0.2) is 11.0 Å². The number of alkyl halides is 1. The zero-order valence-electron chi connectivity index (χ0n) is 9.74. The van der Waals surface area contributed by atoms with E-state index in [1.165, 1.54) is 0 Å². The number of hydrogen-bond donors (Lipinski definition) is 1.